The maximum atomic E-state index is 14.0. The molecule has 29 heavy (non-hydrogen) atoms. The Bertz CT molecular complexity index is 1070. The van der Waals surface area contributed by atoms with Crippen LogP contribution in [0.3, 0.4) is 0 Å². The zero-order chi connectivity index (χ0) is 21.0. The summed E-state index contributed by atoms with van der Waals surface area (Å²) < 4.78 is 32.7. The van der Waals surface area contributed by atoms with E-state index in [2.05, 4.69) is 16.0 Å². The highest BCUT2D eigenvalue weighted by atomic mass is 32.2. The predicted molar refractivity (Wildman–Crippen MR) is 108 cm³/mol. The lowest BCUT2D eigenvalue weighted by atomic mass is 9.92. The summed E-state index contributed by atoms with van der Waals surface area (Å²) >= 11 is 1.36. The van der Waals surface area contributed by atoms with E-state index in [-0.39, 0.29) is 17.0 Å². The zero-order valence-electron chi connectivity index (χ0n) is 16.2. The van der Waals surface area contributed by atoms with Crippen LogP contribution in [0, 0.1) is 23.0 Å². The highest BCUT2D eigenvalue weighted by Crippen LogP contribution is 2.31. The van der Waals surface area contributed by atoms with E-state index in [1.165, 1.54) is 17.8 Å². The summed E-state index contributed by atoms with van der Waals surface area (Å²) in [6.45, 7) is 5.99. The standard InChI is InChI=1S/C22H19F2N3OS/c1-22(2,3)19-11-20(28-18-9-8-16(23)10-17(18)24)27-21(26-19)29-13-15-7-5-4-6-14(15)12-25/h4-11H,13H2,1-3H3. The van der Waals surface area contributed by atoms with Crippen LogP contribution >= 0.6 is 11.8 Å². The quantitative estimate of drug-likeness (QED) is 0.380. The van der Waals surface area contributed by atoms with Crippen LogP contribution in [0.5, 0.6) is 11.6 Å². The lowest BCUT2D eigenvalue weighted by Crippen LogP contribution is -2.14. The van der Waals surface area contributed by atoms with Crippen molar-refractivity contribution in [3.8, 4) is 17.7 Å². The average molecular weight is 411 g/mol. The van der Waals surface area contributed by atoms with E-state index in [4.69, 9.17) is 4.74 Å². The van der Waals surface area contributed by atoms with Crippen LogP contribution in [0.4, 0.5) is 8.78 Å². The van der Waals surface area contributed by atoms with Gasteiger partial charge in [-0.25, -0.2) is 13.8 Å². The fourth-order valence-electron chi connectivity index (χ4n) is 2.47. The summed E-state index contributed by atoms with van der Waals surface area (Å²) in [6, 6.07) is 14.2. The fourth-order valence-corrected chi connectivity index (χ4v) is 3.33. The van der Waals surface area contributed by atoms with Crippen LogP contribution in [0.15, 0.2) is 53.7 Å². The van der Waals surface area contributed by atoms with Crippen LogP contribution in [-0.4, -0.2) is 9.97 Å². The first-order valence-corrected chi connectivity index (χ1v) is 9.88. The maximum absolute atomic E-state index is 14.0. The Balaban J connectivity index is 1.90. The first-order chi connectivity index (χ1) is 13.8. The van der Waals surface area contributed by atoms with Crippen molar-refractivity contribution >= 4 is 11.8 Å². The second-order valence-corrected chi connectivity index (χ2v) is 8.30. The molecule has 1 aromatic heterocycles. The molecule has 0 N–H and O–H groups in total. The molecule has 0 aliphatic rings. The number of hydrogen-bond acceptors (Lipinski definition) is 5. The van der Waals surface area contributed by atoms with Crippen LogP contribution in [0.1, 0.15) is 37.6 Å². The van der Waals surface area contributed by atoms with Gasteiger partial charge in [0, 0.05) is 23.3 Å². The van der Waals surface area contributed by atoms with Crippen LogP contribution in [-0.2, 0) is 11.2 Å². The average Bonchev–Trinajstić information content (AvgIpc) is 2.68. The molecule has 3 aromatic rings. The highest BCUT2D eigenvalue weighted by molar-refractivity contribution is 7.98. The third-order valence-corrected chi connectivity index (χ3v) is 4.95. The number of ether oxygens (including phenoxy) is 1. The summed E-state index contributed by atoms with van der Waals surface area (Å²) in [5.74, 6) is -0.928. The minimum Gasteiger partial charge on any atom is -0.436 e. The van der Waals surface area contributed by atoms with Crippen LogP contribution in [0.25, 0.3) is 0 Å². The number of hydrogen-bond donors (Lipinski definition) is 0. The van der Waals surface area contributed by atoms with Crippen molar-refractivity contribution in [1.82, 2.24) is 9.97 Å². The van der Waals surface area contributed by atoms with E-state index in [0.717, 1.165) is 23.4 Å². The van der Waals surface area contributed by atoms with Gasteiger partial charge in [-0.2, -0.15) is 10.2 Å². The minimum absolute atomic E-state index is 0.115. The molecule has 0 saturated carbocycles. The van der Waals surface area contributed by atoms with Crippen molar-refractivity contribution < 1.29 is 13.5 Å². The number of rotatable bonds is 5. The smallest absolute Gasteiger partial charge is 0.223 e. The molecule has 7 heteroatoms. The zero-order valence-corrected chi connectivity index (χ0v) is 17.1. The van der Waals surface area contributed by atoms with Crippen molar-refractivity contribution in [2.75, 3.05) is 0 Å². The van der Waals surface area contributed by atoms with Gasteiger partial charge < -0.3 is 4.74 Å². The number of nitrogens with zero attached hydrogens (tertiary/aromatic N) is 3. The summed E-state index contributed by atoms with van der Waals surface area (Å²) in [4.78, 5) is 8.95. The minimum atomic E-state index is -0.807. The summed E-state index contributed by atoms with van der Waals surface area (Å²) in [6.07, 6.45) is 0. The Labute approximate surface area is 172 Å². The molecule has 0 atom stereocenters. The molecule has 3 rings (SSSR count). The Morgan fingerprint density at radius 1 is 1.07 bits per heavy atom. The van der Waals surface area contributed by atoms with Gasteiger partial charge in [0.25, 0.3) is 0 Å². The number of halogens is 2. The number of aromatic nitrogens is 2. The fraction of sp³-hybridized carbons (Fsp3) is 0.227. The first kappa shape index (κ1) is 20.7. The molecule has 0 unspecified atom stereocenters. The summed E-state index contributed by atoms with van der Waals surface area (Å²) in [5.41, 5.74) is 1.90. The van der Waals surface area contributed by atoms with Crippen molar-refractivity contribution in [2.45, 2.75) is 37.1 Å². The van der Waals surface area contributed by atoms with Gasteiger partial charge in [0.2, 0.25) is 5.88 Å². The molecule has 4 nitrogen and oxygen atoms in total. The van der Waals surface area contributed by atoms with E-state index in [9.17, 15) is 14.0 Å². The van der Waals surface area contributed by atoms with Crippen LogP contribution < -0.4 is 4.74 Å². The number of nitriles is 1. The largest absolute Gasteiger partial charge is 0.436 e. The molecule has 0 fully saturated rings. The summed E-state index contributed by atoms with van der Waals surface area (Å²) in [7, 11) is 0. The van der Waals surface area contributed by atoms with Gasteiger partial charge in [0.05, 0.1) is 17.3 Å². The normalized spacial score (nSPS) is 11.2. The topological polar surface area (TPSA) is 58.8 Å². The van der Waals surface area contributed by atoms with Crippen LogP contribution in [0.2, 0.25) is 0 Å². The third-order valence-electron chi connectivity index (χ3n) is 4.05. The second-order valence-electron chi connectivity index (χ2n) is 7.36. The molecule has 0 saturated heterocycles. The molecular formula is C22H19F2N3OS. The van der Waals surface area contributed by atoms with E-state index in [1.807, 2.05) is 39.0 Å². The Morgan fingerprint density at radius 2 is 1.83 bits per heavy atom. The van der Waals surface area contributed by atoms with Gasteiger partial charge in [-0.3, -0.25) is 0 Å². The molecule has 0 aliphatic heterocycles. The Morgan fingerprint density at radius 3 is 2.52 bits per heavy atom. The van der Waals surface area contributed by atoms with Crippen molar-refractivity contribution in [1.29, 1.82) is 5.26 Å². The molecule has 2 aromatic carbocycles. The lowest BCUT2D eigenvalue weighted by molar-refractivity contribution is 0.414. The van der Waals surface area contributed by atoms with Crippen molar-refractivity contribution in [2.24, 2.45) is 0 Å². The van der Waals surface area contributed by atoms with Crippen molar-refractivity contribution in [3.05, 3.63) is 77.0 Å². The van der Waals surface area contributed by atoms with Gasteiger partial charge in [-0.1, -0.05) is 50.7 Å². The van der Waals surface area contributed by atoms with Gasteiger partial charge in [-0.05, 0) is 23.8 Å². The van der Waals surface area contributed by atoms with Gasteiger partial charge in [-0.15, -0.1) is 0 Å². The Kier molecular flexibility index (Phi) is 6.14. The third kappa shape index (κ3) is 5.30. The van der Waals surface area contributed by atoms with E-state index >= 15 is 0 Å². The highest BCUT2D eigenvalue weighted by Gasteiger charge is 2.20. The molecule has 1 heterocycles. The van der Waals surface area contributed by atoms with Crippen molar-refractivity contribution in [3.63, 3.8) is 0 Å². The molecule has 0 aliphatic carbocycles. The molecule has 0 bridgehead atoms. The number of benzene rings is 2. The molecular weight excluding hydrogens is 392 g/mol. The second kappa shape index (κ2) is 8.58. The van der Waals surface area contributed by atoms with Gasteiger partial charge in [0.15, 0.2) is 16.7 Å². The predicted octanol–water partition coefficient (Wildman–Crippen LogP) is 6.01. The maximum Gasteiger partial charge on any atom is 0.223 e. The van der Waals surface area contributed by atoms with E-state index < -0.39 is 11.6 Å². The molecule has 0 spiro atoms. The summed E-state index contributed by atoms with van der Waals surface area (Å²) in [5, 5.41) is 9.69. The molecule has 0 amide bonds. The first-order valence-electron chi connectivity index (χ1n) is 8.89. The lowest BCUT2D eigenvalue weighted by Gasteiger charge is -2.19. The van der Waals surface area contributed by atoms with E-state index in [1.54, 1.807) is 12.1 Å². The van der Waals surface area contributed by atoms with Gasteiger partial charge >= 0.3 is 0 Å². The van der Waals surface area contributed by atoms with E-state index in [0.29, 0.717) is 16.5 Å². The Hall–Kier alpha value is -2.98. The molecule has 0 radical (unpaired) electrons. The number of thioether (sulfide) groups is 1. The van der Waals surface area contributed by atoms with Gasteiger partial charge in [0.1, 0.15) is 5.82 Å². The SMILES string of the molecule is CC(C)(C)c1cc(Oc2ccc(F)cc2F)nc(SCc2ccccc2C#N)n1. The monoisotopic (exact) mass is 411 g/mol. The molecule has 148 valence electrons.